The summed E-state index contributed by atoms with van der Waals surface area (Å²) in [6.07, 6.45) is 0. The lowest BCUT2D eigenvalue weighted by atomic mass is 10.2. The molecule has 0 bridgehead atoms. The average Bonchev–Trinajstić information content (AvgIpc) is 2.59. The zero-order chi connectivity index (χ0) is 19.6. The average molecular weight is 364 g/mol. The van der Waals surface area contributed by atoms with Gasteiger partial charge in [0.15, 0.2) is 0 Å². The number of hydrogen-bond acceptors (Lipinski definition) is 10. The molecule has 0 aromatic heterocycles. The van der Waals surface area contributed by atoms with Gasteiger partial charge in [-0.25, -0.2) is 5.84 Å². The molecule has 0 spiro atoms. The molecule has 0 heterocycles. The van der Waals surface area contributed by atoms with E-state index >= 15 is 0 Å². The SMILES string of the molecule is NN(c1cccc([N+](=O)[O-])c1[N+](=O)[O-])c1cccc([N+](=O)[O-])c1[N+](=O)[O-]. The summed E-state index contributed by atoms with van der Waals surface area (Å²) in [5.74, 6) is 5.71. The molecule has 2 N–H and O–H groups in total. The molecular weight excluding hydrogens is 356 g/mol. The second-order valence-electron chi connectivity index (χ2n) is 4.69. The fourth-order valence-electron chi connectivity index (χ4n) is 2.23. The van der Waals surface area contributed by atoms with Gasteiger partial charge in [-0.05, 0) is 12.1 Å². The third kappa shape index (κ3) is 3.06. The number of benzene rings is 2. The molecule has 134 valence electrons. The maximum atomic E-state index is 11.3. The zero-order valence-electron chi connectivity index (χ0n) is 12.5. The van der Waals surface area contributed by atoms with Gasteiger partial charge in [-0.15, -0.1) is 0 Å². The maximum absolute atomic E-state index is 11.3. The summed E-state index contributed by atoms with van der Waals surface area (Å²) in [6.45, 7) is 0. The number of para-hydroxylation sites is 2. The van der Waals surface area contributed by atoms with Crippen molar-refractivity contribution in [1.82, 2.24) is 0 Å². The molecule has 14 nitrogen and oxygen atoms in total. The van der Waals surface area contributed by atoms with E-state index < -0.39 is 53.8 Å². The molecule has 0 aliphatic carbocycles. The third-order valence-corrected chi connectivity index (χ3v) is 3.26. The summed E-state index contributed by atoms with van der Waals surface area (Å²) >= 11 is 0. The first-order valence-corrected chi connectivity index (χ1v) is 6.55. The number of nitro groups is 4. The van der Waals surface area contributed by atoms with E-state index in [1.807, 2.05) is 0 Å². The lowest BCUT2D eigenvalue weighted by Gasteiger charge is -2.18. The van der Waals surface area contributed by atoms with Crippen LogP contribution in [0.25, 0.3) is 0 Å². The largest absolute Gasteiger partial charge is 0.370 e. The Hall–Kier alpha value is -4.20. The van der Waals surface area contributed by atoms with Gasteiger partial charge in [-0.3, -0.25) is 45.5 Å². The molecule has 26 heavy (non-hydrogen) atoms. The standard InChI is InChI=1S/C12H8N6O8/c13-14(7-3-1-5-9(15(19)20)11(7)17(23)24)8-4-2-6-10(16(21)22)12(8)18(25)26/h1-6H,13H2. The molecule has 0 atom stereocenters. The highest BCUT2D eigenvalue weighted by atomic mass is 16.6. The monoisotopic (exact) mass is 364 g/mol. The molecule has 0 amide bonds. The number of nitrogens with two attached hydrogens (primary N) is 1. The van der Waals surface area contributed by atoms with Crippen LogP contribution >= 0.6 is 0 Å². The van der Waals surface area contributed by atoms with Gasteiger partial charge in [-0.1, -0.05) is 12.1 Å². The molecule has 2 aromatic rings. The summed E-state index contributed by atoms with van der Waals surface area (Å²) in [5.41, 5.74) is -4.91. The molecule has 2 rings (SSSR count). The first-order chi connectivity index (χ1) is 12.2. The molecule has 0 radical (unpaired) electrons. The molecule has 0 unspecified atom stereocenters. The molecule has 0 fully saturated rings. The molecule has 14 heteroatoms. The van der Waals surface area contributed by atoms with E-state index in [4.69, 9.17) is 5.84 Å². The van der Waals surface area contributed by atoms with E-state index in [1.54, 1.807) is 0 Å². The second-order valence-corrected chi connectivity index (χ2v) is 4.69. The highest BCUT2D eigenvalue weighted by molar-refractivity contribution is 5.83. The van der Waals surface area contributed by atoms with Gasteiger partial charge < -0.3 is 0 Å². The van der Waals surface area contributed by atoms with Gasteiger partial charge in [0.05, 0.1) is 19.7 Å². The van der Waals surface area contributed by atoms with E-state index in [2.05, 4.69) is 0 Å². The Balaban J connectivity index is 2.78. The maximum Gasteiger partial charge on any atom is 0.370 e. The van der Waals surface area contributed by atoms with Crippen molar-refractivity contribution in [2.75, 3.05) is 5.01 Å². The lowest BCUT2D eigenvalue weighted by molar-refractivity contribution is -0.422. The Morgan fingerprint density at radius 1 is 0.654 bits per heavy atom. The van der Waals surface area contributed by atoms with Crippen molar-refractivity contribution in [1.29, 1.82) is 0 Å². The van der Waals surface area contributed by atoms with E-state index in [0.29, 0.717) is 5.01 Å². The minimum Gasteiger partial charge on any atom is -0.265 e. The fraction of sp³-hybridized carbons (Fsp3) is 0. The summed E-state index contributed by atoms with van der Waals surface area (Å²) in [7, 11) is 0. The Labute approximate surface area is 142 Å². The predicted octanol–water partition coefficient (Wildman–Crippen LogP) is 2.33. The summed E-state index contributed by atoms with van der Waals surface area (Å²) in [6, 6.07) is 5.93. The molecule has 0 saturated heterocycles. The first-order valence-electron chi connectivity index (χ1n) is 6.55. The quantitative estimate of drug-likeness (QED) is 0.450. The third-order valence-electron chi connectivity index (χ3n) is 3.26. The Morgan fingerprint density at radius 2 is 1.00 bits per heavy atom. The van der Waals surface area contributed by atoms with Gasteiger partial charge in [-0.2, -0.15) is 0 Å². The van der Waals surface area contributed by atoms with Crippen LogP contribution in [-0.4, -0.2) is 19.7 Å². The van der Waals surface area contributed by atoms with Crippen LogP contribution in [0.15, 0.2) is 36.4 Å². The number of hydrazine groups is 1. The van der Waals surface area contributed by atoms with E-state index in [0.717, 1.165) is 36.4 Å². The minimum absolute atomic E-state index is 0.427. The molecule has 2 aromatic carbocycles. The van der Waals surface area contributed by atoms with Crippen LogP contribution in [0.5, 0.6) is 0 Å². The van der Waals surface area contributed by atoms with Crippen LogP contribution in [0, 0.1) is 40.5 Å². The highest BCUT2D eigenvalue weighted by Gasteiger charge is 2.35. The van der Waals surface area contributed by atoms with Crippen molar-refractivity contribution < 1.29 is 19.7 Å². The second kappa shape index (κ2) is 6.73. The molecule has 0 saturated carbocycles. The number of anilines is 2. The fourth-order valence-corrected chi connectivity index (χ4v) is 2.23. The topological polar surface area (TPSA) is 202 Å². The Bertz CT molecular complexity index is 870. The Morgan fingerprint density at radius 3 is 1.27 bits per heavy atom. The number of nitro benzene ring substituents is 4. The van der Waals surface area contributed by atoms with Crippen LogP contribution in [-0.2, 0) is 0 Å². The molecule has 0 aliphatic heterocycles. The van der Waals surface area contributed by atoms with Crippen molar-refractivity contribution in [3.8, 4) is 0 Å². The van der Waals surface area contributed by atoms with Gasteiger partial charge >= 0.3 is 22.7 Å². The summed E-state index contributed by atoms with van der Waals surface area (Å²) in [5, 5.41) is 44.9. The van der Waals surface area contributed by atoms with E-state index in [9.17, 15) is 40.5 Å². The van der Waals surface area contributed by atoms with Crippen LogP contribution in [0.1, 0.15) is 0 Å². The van der Waals surface area contributed by atoms with Crippen LogP contribution in [0.2, 0.25) is 0 Å². The van der Waals surface area contributed by atoms with E-state index in [1.165, 1.54) is 0 Å². The van der Waals surface area contributed by atoms with Crippen LogP contribution in [0.4, 0.5) is 34.1 Å². The Kier molecular flexibility index (Phi) is 4.70. The van der Waals surface area contributed by atoms with Crippen LogP contribution < -0.4 is 10.9 Å². The zero-order valence-corrected chi connectivity index (χ0v) is 12.5. The van der Waals surface area contributed by atoms with Crippen molar-refractivity contribution >= 4 is 34.1 Å². The van der Waals surface area contributed by atoms with Gasteiger partial charge in [0.25, 0.3) is 0 Å². The number of hydrogen-bond donors (Lipinski definition) is 1. The van der Waals surface area contributed by atoms with Crippen LogP contribution in [0.3, 0.4) is 0 Å². The summed E-state index contributed by atoms with van der Waals surface area (Å²) < 4.78 is 0. The van der Waals surface area contributed by atoms with Crippen molar-refractivity contribution in [2.45, 2.75) is 0 Å². The van der Waals surface area contributed by atoms with Crippen molar-refractivity contribution in [2.24, 2.45) is 5.84 Å². The minimum atomic E-state index is -1.07. The summed E-state index contributed by atoms with van der Waals surface area (Å²) in [4.78, 5) is 40.3. The van der Waals surface area contributed by atoms with Crippen molar-refractivity contribution in [3.05, 3.63) is 76.9 Å². The smallest absolute Gasteiger partial charge is 0.265 e. The highest BCUT2D eigenvalue weighted by Crippen LogP contribution is 2.43. The van der Waals surface area contributed by atoms with E-state index in [-0.39, 0.29) is 0 Å². The van der Waals surface area contributed by atoms with Crippen molar-refractivity contribution in [3.63, 3.8) is 0 Å². The molecular formula is C12H8N6O8. The van der Waals surface area contributed by atoms with Gasteiger partial charge in [0.2, 0.25) is 0 Å². The lowest BCUT2D eigenvalue weighted by Crippen LogP contribution is -2.27. The molecule has 0 aliphatic rings. The normalized spacial score (nSPS) is 10.2. The number of rotatable bonds is 6. The van der Waals surface area contributed by atoms with Gasteiger partial charge in [0.1, 0.15) is 11.4 Å². The predicted molar refractivity (Wildman–Crippen MR) is 85.8 cm³/mol. The number of nitrogens with zero attached hydrogens (tertiary/aromatic N) is 5. The first kappa shape index (κ1) is 18.1. The van der Waals surface area contributed by atoms with Gasteiger partial charge in [0, 0.05) is 12.1 Å².